The van der Waals surface area contributed by atoms with Crippen LogP contribution >= 0.6 is 0 Å². The van der Waals surface area contributed by atoms with Gasteiger partial charge in [0.25, 0.3) is 0 Å². The van der Waals surface area contributed by atoms with E-state index in [1.807, 2.05) is 36.4 Å². The summed E-state index contributed by atoms with van der Waals surface area (Å²) in [6.45, 7) is 4.55. The molecule has 4 heteroatoms. The lowest BCUT2D eigenvalue weighted by atomic mass is 9.43. The molecule has 0 radical (unpaired) electrons. The summed E-state index contributed by atoms with van der Waals surface area (Å²) < 4.78 is 0. The largest absolute Gasteiger partial charge is 0.208 e. The second-order valence-corrected chi connectivity index (χ2v) is 19.5. The minimum absolute atomic E-state index is 0.0464. The Balaban J connectivity index is 0.975. The molecule has 0 aliphatic heterocycles. The van der Waals surface area contributed by atoms with Crippen LogP contribution < -0.4 is 0 Å². The molecule has 1 aromatic heterocycles. The van der Waals surface area contributed by atoms with E-state index in [0.29, 0.717) is 29.3 Å². The summed E-state index contributed by atoms with van der Waals surface area (Å²) in [4.78, 5) is 15.1. The fraction of sp³-hybridized carbons (Fsp3) is 0.220. The quantitative estimate of drug-likeness (QED) is 0.174. The standard InChI is InChI=1S/C59H46N4/c1-58(2)50-19-10-9-18-47(50)53-46(23-20-43(34-60)54(53)58)41-22-25-52-49(33-41)48-32-40(21-24-51(48)59(52)44-27-35-26-36(29-44)30-45(59)28-35)39-16-11-17-42(31-39)57-62-55(37-12-5-3-6-13-37)61-56(63-57)38-14-7-4-8-15-38/h3-25,31-33,35-36,44-45H,26-30H2,1-2H3. The maximum Gasteiger partial charge on any atom is 0.164 e. The molecule has 302 valence electrons. The van der Waals surface area contributed by atoms with Crippen molar-refractivity contribution in [2.24, 2.45) is 23.7 Å². The van der Waals surface area contributed by atoms with Gasteiger partial charge in [-0.1, -0.05) is 147 Å². The van der Waals surface area contributed by atoms with E-state index in [-0.39, 0.29) is 10.8 Å². The number of hydrogen-bond acceptors (Lipinski definition) is 4. The molecule has 4 nitrogen and oxygen atoms in total. The smallest absolute Gasteiger partial charge is 0.164 e. The minimum Gasteiger partial charge on any atom is -0.208 e. The van der Waals surface area contributed by atoms with Crippen molar-refractivity contribution in [3.63, 3.8) is 0 Å². The molecule has 0 saturated heterocycles. The Morgan fingerprint density at radius 1 is 0.444 bits per heavy atom. The molecule has 0 amide bonds. The Morgan fingerprint density at radius 3 is 1.60 bits per heavy atom. The van der Waals surface area contributed by atoms with Crippen LogP contribution in [0.3, 0.4) is 0 Å². The van der Waals surface area contributed by atoms with Crippen molar-refractivity contribution in [1.82, 2.24) is 15.0 Å². The first-order valence-electron chi connectivity index (χ1n) is 22.8. The summed E-state index contributed by atoms with van der Waals surface area (Å²) in [7, 11) is 0. The van der Waals surface area contributed by atoms with Crippen LogP contribution in [0.15, 0.2) is 158 Å². The molecule has 1 spiro atoms. The van der Waals surface area contributed by atoms with Crippen LogP contribution in [-0.2, 0) is 10.8 Å². The highest BCUT2D eigenvalue weighted by Gasteiger charge is 2.61. The van der Waals surface area contributed by atoms with E-state index in [4.69, 9.17) is 15.0 Å². The first-order valence-corrected chi connectivity index (χ1v) is 22.8. The summed E-state index contributed by atoms with van der Waals surface area (Å²) in [6, 6.07) is 59.6. The van der Waals surface area contributed by atoms with E-state index in [1.165, 1.54) is 82.2 Å². The molecular weight excluding hydrogens is 765 g/mol. The zero-order valence-electron chi connectivity index (χ0n) is 35.6. The summed E-state index contributed by atoms with van der Waals surface area (Å²) in [5.74, 6) is 5.07. The van der Waals surface area contributed by atoms with E-state index >= 15 is 0 Å². The molecule has 4 bridgehead atoms. The van der Waals surface area contributed by atoms with E-state index in [0.717, 1.165) is 45.2 Å². The molecule has 1 heterocycles. The zero-order valence-corrected chi connectivity index (χ0v) is 35.6. The number of benzene rings is 7. The molecule has 0 atom stereocenters. The minimum atomic E-state index is -0.266. The van der Waals surface area contributed by atoms with Gasteiger partial charge in [-0.3, -0.25) is 0 Å². The molecule has 0 N–H and O–H groups in total. The number of hydrogen-bond donors (Lipinski definition) is 0. The average molecular weight is 811 g/mol. The normalized spacial score (nSPS) is 22.6. The summed E-state index contributed by atoms with van der Waals surface area (Å²) in [5.41, 5.74) is 19.0. The molecule has 4 fully saturated rings. The molecule has 8 aromatic rings. The first-order chi connectivity index (χ1) is 30.9. The van der Waals surface area contributed by atoms with Crippen LogP contribution in [0.1, 0.15) is 73.8 Å². The Kier molecular flexibility index (Phi) is 7.87. The number of aromatic nitrogens is 3. The van der Waals surface area contributed by atoms with Gasteiger partial charge in [-0.05, 0) is 147 Å². The van der Waals surface area contributed by atoms with Gasteiger partial charge in [0.1, 0.15) is 0 Å². The van der Waals surface area contributed by atoms with Crippen LogP contribution in [0, 0.1) is 35.0 Å². The zero-order chi connectivity index (χ0) is 42.0. The maximum absolute atomic E-state index is 10.4. The number of rotatable bonds is 5. The second kappa shape index (κ2) is 13.5. The fourth-order valence-corrected chi connectivity index (χ4v) is 13.6. The topological polar surface area (TPSA) is 62.5 Å². The van der Waals surface area contributed by atoms with Gasteiger partial charge in [0, 0.05) is 27.5 Å². The third-order valence-electron chi connectivity index (χ3n) is 15.9. The van der Waals surface area contributed by atoms with Gasteiger partial charge in [-0.25, -0.2) is 15.0 Å². The van der Waals surface area contributed by atoms with Gasteiger partial charge in [0.2, 0.25) is 0 Å². The van der Waals surface area contributed by atoms with Crippen molar-refractivity contribution in [1.29, 1.82) is 5.26 Å². The lowest BCUT2D eigenvalue weighted by Gasteiger charge is -2.61. The Labute approximate surface area is 369 Å². The summed E-state index contributed by atoms with van der Waals surface area (Å²) >= 11 is 0. The van der Waals surface area contributed by atoms with E-state index in [2.05, 4.69) is 141 Å². The van der Waals surface area contributed by atoms with Gasteiger partial charge >= 0.3 is 0 Å². The SMILES string of the molecule is CC1(C)c2ccccc2-c2c(-c3ccc4c(c3)-c3cc(-c5cccc(-c6nc(-c7ccccc7)nc(-c7ccccc7)n6)c5)ccc3C43C4CC5CC(C4)CC3C5)ccc(C#N)c21. The van der Waals surface area contributed by atoms with Crippen LogP contribution in [0.5, 0.6) is 0 Å². The summed E-state index contributed by atoms with van der Waals surface area (Å²) in [6.07, 6.45) is 6.80. The lowest BCUT2D eigenvalue weighted by Crippen LogP contribution is -2.55. The third kappa shape index (κ3) is 5.29. The second-order valence-electron chi connectivity index (χ2n) is 19.5. The lowest BCUT2D eigenvalue weighted by molar-refractivity contribution is -0.0399. The van der Waals surface area contributed by atoms with E-state index in [1.54, 1.807) is 5.56 Å². The number of fused-ring (bicyclic) bond motifs is 6. The Bertz CT molecular complexity index is 3140. The van der Waals surface area contributed by atoms with Gasteiger partial charge in [0.05, 0.1) is 11.6 Å². The maximum atomic E-state index is 10.4. The van der Waals surface area contributed by atoms with Gasteiger partial charge < -0.3 is 0 Å². The van der Waals surface area contributed by atoms with Crippen molar-refractivity contribution in [3.8, 4) is 84.7 Å². The highest BCUT2D eigenvalue weighted by atomic mass is 15.0. The van der Waals surface area contributed by atoms with Crippen molar-refractivity contribution < 1.29 is 0 Å². The van der Waals surface area contributed by atoms with Crippen LogP contribution in [0.4, 0.5) is 0 Å². The van der Waals surface area contributed by atoms with Crippen molar-refractivity contribution in [3.05, 3.63) is 186 Å². The third-order valence-corrected chi connectivity index (χ3v) is 15.9. The monoisotopic (exact) mass is 810 g/mol. The fourth-order valence-electron chi connectivity index (χ4n) is 13.6. The average Bonchev–Trinajstić information content (AvgIpc) is 3.76. The predicted molar refractivity (Wildman–Crippen MR) is 253 cm³/mol. The molecule has 6 aliphatic carbocycles. The number of nitriles is 1. The Morgan fingerprint density at radius 2 is 0.968 bits per heavy atom. The molecular formula is C59H46N4. The van der Waals surface area contributed by atoms with Crippen LogP contribution in [0.2, 0.25) is 0 Å². The number of nitrogens with zero attached hydrogens (tertiary/aromatic N) is 4. The molecule has 63 heavy (non-hydrogen) atoms. The van der Waals surface area contributed by atoms with Gasteiger partial charge in [-0.2, -0.15) is 5.26 Å². The Hall–Kier alpha value is -6.96. The van der Waals surface area contributed by atoms with E-state index < -0.39 is 0 Å². The molecule has 7 aromatic carbocycles. The van der Waals surface area contributed by atoms with Gasteiger partial charge in [-0.15, -0.1) is 0 Å². The molecule has 14 rings (SSSR count). The predicted octanol–water partition coefficient (Wildman–Crippen LogP) is 14.1. The highest BCUT2D eigenvalue weighted by molar-refractivity contribution is 5.96. The van der Waals surface area contributed by atoms with E-state index in [9.17, 15) is 5.26 Å². The van der Waals surface area contributed by atoms with Crippen molar-refractivity contribution in [2.75, 3.05) is 0 Å². The highest BCUT2D eigenvalue weighted by Crippen LogP contribution is 2.70. The molecule has 6 aliphatic rings. The molecule has 4 saturated carbocycles. The van der Waals surface area contributed by atoms with Crippen molar-refractivity contribution in [2.45, 2.75) is 56.8 Å². The van der Waals surface area contributed by atoms with Gasteiger partial charge in [0.15, 0.2) is 17.5 Å². The summed E-state index contributed by atoms with van der Waals surface area (Å²) in [5, 5.41) is 10.4. The van der Waals surface area contributed by atoms with Crippen LogP contribution in [0.25, 0.3) is 78.7 Å². The molecule has 0 unspecified atom stereocenters. The van der Waals surface area contributed by atoms with Crippen molar-refractivity contribution >= 4 is 0 Å². The first kappa shape index (κ1) is 36.7. The van der Waals surface area contributed by atoms with Crippen LogP contribution in [-0.4, -0.2) is 15.0 Å².